The van der Waals surface area contributed by atoms with E-state index < -0.39 is 0 Å². The molecule has 1 aliphatic rings. The van der Waals surface area contributed by atoms with Crippen LogP contribution in [-0.2, 0) is 6.54 Å². The summed E-state index contributed by atoms with van der Waals surface area (Å²) in [4.78, 5) is 2.70. The Balaban J connectivity index is 2.09. The van der Waals surface area contributed by atoms with Crippen molar-refractivity contribution in [3.05, 3.63) is 35.6 Å². The summed E-state index contributed by atoms with van der Waals surface area (Å²) in [5.41, 5.74) is 6.37. The third-order valence-electron chi connectivity index (χ3n) is 3.53. The van der Waals surface area contributed by atoms with Gasteiger partial charge < -0.3 is 5.73 Å². The van der Waals surface area contributed by atoms with E-state index in [2.05, 4.69) is 4.90 Å². The van der Waals surface area contributed by atoms with Gasteiger partial charge >= 0.3 is 0 Å². The van der Waals surface area contributed by atoms with Crippen molar-refractivity contribution in [1.29, 1.82) is 0 Å². The molecule has 0 spiro atoms. The van der Waals surface area contributed by atoms with Gasteiger partial charge in [-0.3, -0.25) is 4.90 Å². The van der Waals surface area contributed by atoms with E-state index >= 15 is 0 Å². The van der Waals surface area contributed by atoms with E-state index in [1.54, 1.807) is 6.07 Å². The van der Waals surface area contributed by atoms with Gasteiger partial charge in [0.25, 0.3) is 0 Å². The summed E-state index contributed by atoms with van der Waals surface area (Å²) < 4.78 is 13.7. The predicted molar refractivity (Wildman–Crippen MR) is 75.9 cm³/mol. The summed E-state index contributed by atoms with van der Waals surface area (Å²) in [6.45, 7) is 1.17. The summed E-state index contributed by atoms with van der Waals surface area (Å²) in [5, 5.41) is 0. The fourth-order valence-electron chi connectivity index (χ4n) is 2.63. The van der Waals surface area contributed by atoms with Gasteiger partial charge in [0.05, 0.1) is 4.99 Å². The SMILES string of the molecule is NC(=S)CN(Cc1ccccc1F)C1CCCC1. The Morgan fingerprint density at radius 1 is 1.33 bits per heavy atom. The standard InChI is InChI=1S/C14H19FN2S/c15-13-8-4-1-5-11(13)9-17(10-14(16)18)12-6-2-3-7-12/h1,4-5,8,12H,2-3,6-7,9-10H2,(H2,16,18). The summed E-state index contributed by atoms with van der Waals surface area (Å²) in [7, 11) is 0. The molecular formula is C14H19FN2S. The van der Waals surface area contributed by atoms with Gasteiger partial charge in [0, 0.05) is 24.7 Å². The topological polar surface area (TPSA) is 29.3 Å². The molecule has 1 saturated carbocycles. The minimum Gasteiger partial charge on any atom is -0.392 e. The number of nitrogens with zero attached hydrogens (tertiary/aromatic N) is 1. The van der Waals surface area contributed by atoms with Crippen molar-refractivity contribution < 1.29 is 4.39 Å². The van der Waals surface area contributed by atoms with E-state index in [0.717, 1.165) is 18.4 Å². The second-order valence-corrected chi connectivity index (χ2v) is 5.43. The zero-order chi connectivity index (χ0) is 13.0. The molecule has 1 aromatic carbocycles. The number of benzene rings is 1. The number of hydrogen-bond donors (Lipinski definition) is 1. The van der Waals surface area contributed by atoms with Crippen LogP contribution in [0.15, 0.2) is 24.3 Å². The highest BCUT2D eigenvalue weighted by Gasteiger charge is 2.23. The minimum absolute atomic E-state index is 0.150. The third-order valence-corrected chi connectivity index (χ3v) is 3.66. The summed E-state index contributed by atoms with van der Waals surface area (Å²) in [6, 6.07) is 7.41. The zero-order valence-electron chi connectivity index (χ0n) is 10.4. The van der Waals surface area contributed by atoms with Gasteiger partial charge in [-0.05, 0) is 18.9 Å². The van der Waals surface area contributed by atoms with Crippen molar-refractivity contribution in [2.24, 2.45) is 5.73 Å². The lowest BCUT2D eigenvalue weighted by molar-refractivity contribution is 0.216. The van der Waals surface area contributed by atoms with Gasteiger partial charge in [0.2, 0.25) is 0 Å². The van der Waals surface area contributed by atoms with Crippen molar-refractivity contribution in [1.82, 2.24) is 4.90 Å². The molecule has 2 nitrogen and oxygen atoms in total. The normalized spacial score (nSPS) is 16.3. The fourth-order valence-corrected chi connectivity index (χ4v) is 2.79. The van der Waals surface area contributed by atoms with Gasteiger partial charge in [-0.1, -0.05) is 43.3 Å². The molecule has 2 N–H and O–H groups in total. The summed E-state index contributed by atoms with van der Waals surface area (Å²) in [5.74, 6) is -0.150. The van der Waals surface area contributed by atoms with E-state index in [-0.39, 0.29) is 5.82 Å². The van der Waals surface area contributed by atoms with Crippen LogP contribution in [-0.4, -0.2) is 22.5 Å². The number of halogens is 1. The molecule has 1 aliphatic carbocycles. The number of thiocarbonyl (C=S) groups is 1. The van der Waals surface area contributed by atoms with Crippen molar-refractivity contribution >= 4 is 17.2 Å². The van der Waals surface area contributed by atoms with Gasteiger partial charge in [0.1, 0.15) is 5.82 Å². The van der Waals surface area contributed by atoms with Gasteiger partial charge in [0.15, 0.2) is 0 Å². The van der Waals surface area contributed by atoms with Crippen LogP contribution in [0.4, 0.5) is 4.39 Å². The molecule has 1 fully saturated rings. The molecule has 0 aromatic heterocycles. The summed E-state index contributed by atoms with van der Waals surface area (Å²) >= 11 is 5.00. The molecule has 0 atom stereocenters. The molecule has 0 saturated heterocycles. The molecule has 4 heteroatoms. The molecule has 0 unspecified atom stereocenters. The van der Waals surface area contributed by atoms with Crippen LogP contribution >= 0.6 is 12.2 Å². The Morgan fingerprint density at radius 3 is 2.61 bits per heavy atom. The first-order chi connectivity index (χ1) is 8.66. The highest BCUT2D eigenvalue weighted by molar-refractivity contribution is 7.80. The Kier molecular flexibility index (Phi) is 4.66. The molecule has 0 heterocycles. The first-order valence-electron chi connectivity index (χ1n) is 6.42. The predicted octanol–water partition coefficient (Wildman–Crippen LogP) is 2.86. The van der Waals surface area contributed by atoms with Crippen molar-refractivity contribution in [2.45, 2.75) is 38.3 Å². The molecule has 1 aromatic rings. The maximum absolute atomic E-state index is 13.7. The molecule has 0 aliphatic heterocycles. The van der Waals surface area contributed by atoms with Crippen LogP contribution < -0.4 is 5.73 Å². The summed E-state index contributed by atoms with van der Waals surface area (Å²) in [6.07, 6.45) is 4.82. The molecule has 2 rings (SSSR count). The first kappa shape index (κ1) is 13.4. The van der Waals surface area contributed by atoms with E-state index in [9.17, 15) is 4.39 Å². The van der Waals surface area contributed by atoms with Crippen LogP contribution in [0.2, 0.25) is 0 Å². The monoisotopic (exact) mass is 266 g/mol. The molecule has 0 bridgehead atoms. The van der Waals surface area contributed by atoms with Crippen LogP contribution in [0.5, 0.6) is 0 Å². The number of nitrogens with two attached hydrogens (primary N) is 1. The van der Waals surface area contributed by atoms with Gasteiger partial charge in [-0.15, -0.1) is 0 Å². The van der Waals surface area contributed by atoms with Crippen LogP contribution in [0.25, 0.3) is 0 Å². The Bertz CT molecular complexity index is 416. The van der Waals surface area contributed by atoms with Crippen LogP contribution in [0.1, 0.15) is 31.2 Å². The minimum atomic E-state index is -0.150. The Morgan fingerprint density at radius 2 is 2.00 bits per heavy atom. The number of rotatable bonds is 5. The second kappa shape index (κ2) is 6.25. The highest BCUT2D eigenvalue weighted by atomic mass is 32.1. The van der Waals surface area contributed by atoms with Gasteiger partial charge in [-0.25, -0.2) is 4.39 Å². The smallest absolute Gasteiger partial charge is 0.127 e. The lowest BCUT2D eigenvalue weighted by Gasteiger charge is -2.28. The Labute approximate surface area is 113 Å². The van der Waals surface area contributed by atoms with E-state index in [0.29, 0.717) is 24.1 Å². The third kappa shape index (κ3) is 3.50. The molecule has 0 radical (unpaired) electrons. The molecule has 0 amide bonds. The van der Waals surface area contributed by atoms with Gasteiger partial charge in [-0.2, -0.15) is 0 Å². The van der Waals surface area contributed by atoms with Crippen LogP contribution in [0.3, 0.4) is 0 Å². The Hall–Kier alpha value is -1.00. The molecule has 98 valence electrons. The average molecular weight is 266 g/mol. The van der Waals surface area contributed by atoms with Crippen molar-refractivity contribution in [3.63, 3.8) is 0 Å². The lowest BCUT2D eigenvalue weighted by atomic mass is 10.1. The first-order valence-corrected chi connectivity index (χ1v) is 6.83. The van der Waals surface area contributed by atoms with E-state index in [1.807, 2.05) is 12.1 Å². The van der Waals surface area contributed by atoms with Crippen molar-refractivity contribution in [3.8, 4) is 0 Å². The molecule has 18 heavy (non-hydrogen) atoms. The maximum Gasteiger partial charge on any atom is 0.127 e. The molecular weight excluding hydrogens is 247 g/mol. The fraction of sp³-hybridized carbons (Fsp3) is 0.500. The quantitative estimate of drug-likeness (QED) is 0.831. The van der Waals surface area contributed by atoms with E-state index in [1.165, 1.54) is 18.9 Å². The highest BCUT2D eigenvalue weighted by Crippen LogP contribution is 2.25. The zero-order valence-corrected chi connectivity index (χ0v) is 11.3. The average Bonchev–Trinajstić information content (AvgIpc) is 2.84. The van der Waals surface area contributed by atoms with E-state index in [4.69, 9.17) is 18.0 Å². The second-order valence-electron chi connectivity index (χ2n) is 4.90. The lowest BCUT2D eigenvalue weighted by Crippen LogP contribution is -2.39. The largest absolute Gasteiger partial charge is 0.392 e. The maximum atomic E-state index is 13.7. The number of hydrogen-bond acceptors (Lipinski definition) is 2. The van der Waals surface area contributed by atoms with Crippen LogP contribution in [0, 0.1) is 5.82 Å². The van der Waals surface area contributed by atoms with Crippen molar-refractivity contribution in [2.75, 3.05) is 6.54 Å².